The van der Waals surface area contributed by atoms with Crippen molar-refractivity contribution in [1.82, 2.24) is 9.78 Å². The molecule has 0 radical (unpaired) electrons. The number of carboxylic acids is 1. The summed E-state index contributed by atoms with van der Waals surface area (Å²) in [6.45, 7) is 2.21. The number of aromatic carboxylic acids is 1. The first-order chi connectivity index (χ1) is 8.08. The largest absolute Gasteiger partial charge is 0.486 e. The summed E-state index contributed by atoms with van der Waals surface area (Å²) in [7, 11) is 1.83. The smallest absolute Gasteiger partial charge is 0.349 e. The third-order valence-corrected chi connectivity index (χ3v) is 3.18. The van der Waals surface area contributed by atoms with Crippen LogP contribution >= 0.6 is 11.3 Å². The Bertz CT molecular complexity index is 545. The molecule has 2 aromatic heterocycles. The van der Waals surface area contributed by atoms with Gasteiger partial charge in [0.15, 0.2) is 4.88 Å². The van der Waals surface area contributed by atoms with Gasteiger partial charge in [-0.25, -0.2) is 4.79 Å². The van der Waals surface area contributed by atoms with Gasteiger partial charge >= 0.3 is 5.97 Å². The molecular weight excluding hydrogens is 240 g/mol. The number of thiophene rings is 1. The molecule has 0 aliphatic rings. The average Bonchev–Trinajstić information content (AvgIpc) is 2.82. The van der Waals surface area contributed by atoms with Crippen molar-refractivity contribution in [3.8, 4) is 5.75 Å². The Balaban J connectivity index is 2.10. The molecule has 17 heavy (non-hydrogen) atoms. The van der Waals surface area contributed by atoms with E-state index in [1.807, 2.05) is 20.0 Å². The van der Waals surface area contributed by atoms with E-state index in [-0.39, 0.29) is 4.88 Å². The van der Waals surface area contributed by atoms with Gasteiger partial charge in [-0.2, -0.15) is 5.10 Å². The van der Waals surface area contributed by atoms with Crippen molar-refractivity contribution >= 4 is 17.3 Å². The summed E-state index contributed by atoms with van der Waals surface area (Å²) in [5.74, 6) is -0.558. The van der Waals surface area contributed by atoms with Crippen molar-refractivity contribution in [2.45, 2.75) is 13.5 Å². The van der Waals surface area contributed by atoms with Gasteiger partial charge in [0.05, 0.1) is 11.4 Å². The minimum absolute atomic E-state index is 0.226. The molecule has 90 valence electrons. The van der Waals surface area contributed by atoms with Crippen LogP contribution in [0.3, 0.4) is 0 Å². The van der Waals surface area contributed by atoms with E-state index in [1.165, 1.54) is 0 Å². The molecule has 0 unspecified atom stereocenters. The second kappa shape index (κ2) is 4.58. The number of nitrogens with zero attached hydrogens (tertiary/aromatic N) is 2. The van der Waals surface area contributed by atoms with E-state index in [9.17, 15) is 4.79 Å². The van der Waals surface area contributed by atoms with Gasteiger partial charge in [0.1, 0.15) is 12.4 Å². The lowest BCUT2D eigenvalue weighted by Gasteiger charge is -2.05. The van der Waals surface area contributed by atoms with E-state index >= 15 is 0 Å². The predicted octanol–water partition coefficient (Wildman–Crippen LogP) is 2.07. The highest BCUT2D eigenvalue weighted by atomic mass is 32.1. The SMILES string of the molecule is Cc1cc(COc2ccsc2C(=O)O)n(C)n1. The number of carboxylic acid groups (broad SMARTS) is 1. The van der Waals surface area contributed by atoms with Crippen LogP contribution in [-0.2, 0) is 13.7 Å². The number of hydrogen-bond acceptors (Lipinski definition) is 4. The number of hydrogen-bond donors (Lipinski definition) is 1. The Hall–Kier alpha value is -1.82. The van der Waals surface area contributed by atoms with Gasteiger partial charge in [-0.3, -0.25) is 4.68 Å². The lowest BCUT2D eigenvalue weighted by Crippen LogP contribution is -2.04. The summed E-state index contributed by atoms with van der Waals surface area (Å²) in [6, 6.07) is 3.57. The predicted molar refractivity (Wildman–Crippen MR) is 63.6 cm³/mol. The fourth-order valence-electron chi connectivity index (χ4n) is 1.52. The number of rotatable bonds is 4. The maximum atomic E-state index is 10.9. The third kappa shape index (κ3) is 2.47. The number of carbonyl (C=O) groups is 1. The van der Waals surface area contributed by atoms with Gasteiger partial charge in [-0.15, -0.1) is 11.3 Å². The van der Waals surface area contributed by atoms with Gasteiger partial charge in [0.25, 0.3) is 0 Å². The zero-order valence-corrected chi connectivity index (χ0v) is 10.3. The van der Waals surface area contributed by atoms with E-state index < -0.39 is 5.97 Å². The number of aryl methyl sites for hydroxylation is 2. The fraction of sp³-hybridized carbons (Fsp3) is 0.273. The van der Waals surface area contributed by atoms with Crippen molar-refractivity contribution in [2.75, 3.05) is 0 Å². The molecule has 0 amide bonds. The van der Waals surface area contributed by atoms with Crippen molar-refractivity contribution in [3.05, 3.63) is 33.8 Å². The summed E-state index contributed by atoms with van der Waals surface area (Å²) < 4.78 is 7.21. The van der Waals surface area contributed by atoms with Gasteiger partial charge in [-0.1, -0.05) is 0 Å². The topological polar surface area (TPSA) is 64.3 Å². The Morgan fingerprint density at radius 1 is 1.65 bits per heavy atom. The summed E-state index contributed by atoms with van der Waals surface area (Å²) >= 11 is 1.16. The molecular formula is C11H12N2O3S. The molecule has 5 nitrogen and oxygen atoms in total. The monoisotopic (exact) mass is 252 g/mol. The third-order valence-electron chi connectivity index (χ3n) is 2.30. The molecule has 0 saturated carbocycles. The first-order valence-corrected chi connectivity index (χ1v) is 5.89. The van der Waals surface area contributed by atoms with Crippen molar-refractivity contribution in [1.29, 1.82) is 0 Å². The van der Waals surface area contributed by atoms with Gasteiger partial charge in [0, 0.05) is 7.05 Å². The standard InChI is InChI=1S/C11H12N2O3S/c1-7-5-8(13(2)12-7)6-16-9-3-4-17-10(9)11(14)15/h3-5H,6H2,1-2H3,(H,14,15). The molecule has 2 rings (SSSR count). The minimum atomic E-state index is -0.962. The maximum Gasteiger partial charge on any atom is 0.349 e. The highest BCUT2D eigenvalue weighted by molar-refractivity contribution is 7.12. The van der Waals surface area contributed by atoms with Crippen LogP contribution in [0.4, 0.5) is 0 Å². The van der Waals surface area contributed by atoms with E-state index in [2.05, 4.69) is 5.10 Å². The zero-order chi connectivity index (χ0) is 12.4. The van der Waals surface area contributed by atoms with E-state index in [1.54, 1.807) is 16.1 Å². The van der Waals surface area contributed by atoms with Gasteiger partial charge < -0.3 is 9.84 Å². The second-order valence-electron chi connectivity index (χ2n) is 3.61. The molecule has 2 heterocycles. The Morgan fingerprint density at radius 3 is 3.00 bits per heavy atom. The van der Waals surface area contributed by atoms with Gasteiger partial charge in [0.2, 0.25) is 0 Å². The average molecular weight is 252 g/mol. The number of aromatic nitrogens is 2. The molecule has 0 aliphatic heterocycles. The van der Waals surface area contributed by atoms with Crippen LogP contribution in [0.2, 0.25) is 0 Å². The highest BCUT2D eigenvalue weighted by Gasteiger charge is 2.13. The zero-order valence-electron chi connectivity index (χ0n) is 9.51. The second-order valence-corrected chi connectivity index (χ2v) is 4.52. The van der Waals surface area contributed by atoms with Crippen LogP contribution in [0.1, 0.15) is 21.1 Å². The fourth-order valence-corrected chi connectivity index (χ4v) is 2.19. The van der Waals surface area contributed by atoms with Crippen LogP contribution < -0.4 is 4.74 Å². The minimum Gasteiger partial charge on any atom is -0.486 e. The molecule has 0 atom stereocenters. The summed E-state index contributed by atoms with van der Waals surface area (Å²) in [6.07, 6.45) is 0. The lowest BCUT2D eigenvalue weighted by atomic mass is 10.4. The first kappa shape index (κ1) is 11.7. The van der Waals surface area contributed by atoms with Crippen molar-refractivity contribution in [2.24, 2.45) is 7.05 Å². The first-order valence-electron chi connectivity index (χ1n) is 5.01. The molecule has 0 aromatic carbocycles. The Morgan fingerprint density at radius 2 is 2.41 bits per heavy atom. The normalized spacial score (nSPS) is 10.5. The molecule has 0 bridgehead atoms. The Kier molecular flexibility index (Phi) is 3.14. The summed E-state index contributed by atoms with van der Waals surface area (Å²) in [5, 5.41) is 14.8. The highest BCUT2D eigenvalue weighted by Crippen LogP contribution is 2.25. The van der Waals surface area contributed by atoms with E-state index in [4.69, 9.17) is 9.84 Å². The molecule has 2 aromatic rings. The molecule has 0 fully saturated rings. The molecule has 0 spiro atoms. The van der Waals surface area contributed by atoms with Crippen LogP contribution in [0.15, 0.2) is 17.5 Å². The van der Waals surface area contributed by atoms with Crippen molar-refractivity contribution < 1.29 is 14.6 Å². The quantitative estimate of drug-likeness (QED) is 0.904. The van der Waals surface area contributed by atoms with Crippen LogP contribution in [0.5, 0.6) is 5.75 Å². The van der Waals surface area contributed by atoms with Crippen LogP contribution in [-0.4, -0.2) is 20.9 Å². The maximum absolute atomic E-state index is 10.9. The molecule has 0 aliphatic carbocycles. The molecule has 1 N–H and O–H groups in total. The van der Waals surface area contributed by atoms with Gasteiger partial charge in [-0.05, 0) is 24.4 Å². The van der Waals surface area contributed by atoms with Crippen LogP contribution in [0.25, 0.3) is 0 Å². The summed E-state index contributed by atoms with van der Waals surface area (Å²) in [4.78, 5) is 11.1. The van der Waals surface area contributed by atoms with Crippen molar-refractivity contribution in [3.63, 3.8) is 0 Å². The Labute approximate surface area is 102 Å². The molecule has 0 saturated heterocycles. The van der Waals surface area contributed by atoms with Crippen LogP contribution in [0, 0.1) is 6.92 Å². The number of ether oxygens (including phenoxy) is 1. The molecule has 6 heteroatoms. The summed E-state index contributed by atoms with van der Waals surface area (Å²) in [5.41, 5.74) is 1.82. The van der Waals surface area contributed by atoms with E-state index in [0.29, 0.717) is 12.4 Å². The van der Waals surface area contributed by atoms with E-state index in [0.717, 1.165) is 22.7 Å². The lowest BCUT2D eigenvalue weighted by molar-refractivity contribution is 0.0697.